The second kappa shape index (κ2) is 7.26. The van der Waals surface area contributed by atoms with Crippen LogP contribution in [0.15, 0.2) is 36.5 Å². The molecule has 0 bridgehead atoms. The van der Waals surface area contributed by atoms with Gasteiger partial charge in [-0.3, -0.25) is 9.55 Å². The zero-order valence-electron chi connectivity index (χ0n) is 15.3. The Hall–Kier alpha value is -2.31. The highest BCUT2D eigenvalue weighted by molar-refractivity contribution is 6.30. The van der Waals surface area contributed by atoms with Gasteiger partial charge < -0.3 is 4.74 Å². The van der Waals surface area contributed by atoms with E-state index in [1.165, 1.54) is 6.07 Å². The van der Waals surface area contributed by atoms with Gasteiger partial charge in [-0.05, 0) is 56.0 Å². The number of nitrogens with zero attached hydrogens (tertiary/aromatic N) is 4. The average molecular weight is 399 g/mol. The summed E-state index contributed by atoms with van der Waals surface area (Å²) >= 11 is 6.17. The van der Waals surface area contributed by atoms with E-state index in [-0.39, 0.29) is 17.7 Å². The highest BCUT2D eigenvalue weighted by Crippen LogP contribution is 2.41. The monoisotopic (exact) mass is 398 g/mol. The standard InChI is InChI=1S/C21H20ClFN4O/c22-16-7-8-18-15(10-16)11-28-12-19-25-26-21(27(18)19)14-5-3-13(4-6-14)20-17(23)2-1-9-24-20/h1-2,7-10,13-14H,3-6,11-12H2/t13-,14-. The van der Waals surface area contributed by atoms with Crippen molar-refractivity contribution in [3.05, 3.63) is 70.3 Å². The van der Waals surface area contributed by atoms with Crippen molar-refractivity contribution in [3.8, 4) is 5.69 Å². The van der Waals surface area contributed by atoms with E-state index in [9.17, 15) is 4.39 Å². The molecule has 1 aromatic carbocycles. The van der Waals surface area contributed by atoms with Crippen LogP contribution < -0.4 is 0 Å². The molecular weight excluding hydrogens is 379 g/mol. The van der Waals surface area contributed by atoms with Crippen molar-refractivity contribution in [1.82, 2.24) is 19.7 Å². The zero-order chi connectivity index (χ0) is 19.1. The van der Waals surface area contributed by atoms with Gasteiger partial charge >= 0.3 is 0 Å². The number of hydrogen-bond donors (Lipinski definition) is 0. The molecule has 0 spiro atoms. The SMILES string of the molecule is Fc1cccnc1[C@H]1CC[C@H](c2nnc3n2-c2ccc(Cl)cc2COC3)CC1. The highest BCUT2D eigenvalue weighted by atomic mass is 35.5. The lowest BCUT2D eigenvalue weighted by Gasteiger charge is -2.28. The van der Waals surface area contributed by atoms with E-state index in [0.29, 0.717) is 23.9 Å². The molecule has 7 heteroatoms. The third kappa shape index (κ3) is 3.10. The van der Waals surface area contributed by atoms with Crippen molar-refractivity contribution in [3.63, 3.8) is 0 Å². The molecule has 0 unspecified atom stereocenters. The normalized spacial score (nSPS) is 21.6. The molecule has 1 aliphatic carbocycles. The Morgan fingerprint density at radius 2 is 1.86 bits per heavy atom. The number of aromatic nitrogens is 4. The van der Waals surface area contributed by atoms with Gasteiger partial charge in [0.05, 0.1) is 18.0 Å². The molecule has 2 aliphatic rings. The summed E-state index contributed by atoms with van der Waals surface area (Å²) in [5, 5.41) is 9.59. The minimum Gasteiger partial charge on any atom is -0.369 e. The van der Waals surface area contributed by atoms with E-state index in [1.807, 2.05) is 18.2 Å². The van der Waals surface area contributed by atoms with Gasteiger partial charge in [-0.2, -0.15) is 0 Å². The van der Waals surface area contributed by atoms with Crippen molar-refractivity contribution in [2.24, 2.45) is 0 Å². The molecule has 2 aromatic heterocycles. The smallest absolute Gasteiger partial charge is 0.163 e. The summed E-state index contributed by atoms with van der Waals surface area (Å²) in [5.41, 5.74) is 2.67. The van der Waals surface area contributed by atoms with Gasteiger partial charge in [-0.15, -0.1) is 10.2 Å². The van der Waals surface area contributed by atoms with Crippen molar-refractivity contribution >= 4 is 11.6 Å². The minimum atomic E-state index is -0.203. The fourth-order valence-corrected chi connectivity index (χ4v) is 4.61. The van der Waals surface area contributed by atoms with Crippen molar-refractivity contribution in [1.29, 1.82) is 0 Å². The van der Waals surface area contributed by atoms with Gasteiger partial charge in [-0.25, -0.2) is 4.39 Å². The summed E-state index contributed by atoms with van der Waals surface area (Å²) in [6.45, 7) is 0.929. The van der Waals surface area contributed by atoms with Crippen LogP contribution in [-0.4, -0.2) is 19.7 Å². The van der Waals surface area contributed by atoms with Gasteiger partial charge in [0.2, 0.25) is 0 Å². The highest BCUT2D eigenvalue weighted by Gasteiger charge is 2.31. The maximum atomic E-state index is 14.1. The van der Waals surface area contributed by atoms with Crippen LogP contribution in [0.2, 0.25) is 5.02 Å². The molecule has 0 saturated heterocycles. The molecule has 0 amide bonds. The number of benzene rings is 1. The lowest BCUT2D eigenvalue weighted by molar-refractivity contribution is 0.105. The summed E-state index contributed by atoms with van der Waals surface area (Å²) in [7, 11) is 0. The van der Waals surface area contributed by atoms with Gasteiger partial charge in [-0.1, -0.05) is 11.6 Å². The first-order chi connectivity index (χ1) is 13.7. The number of fused-ring (bicyclic) bond motifs is 3. The maximum Gasteiger partial charge on any atom is 0.163 e. The van der Waals surface area contributed by atoms with E-state index in [2.05, 4.69) is 19.7 Å². The second-order valence-corrected chi connectivity index (χ2v) is 7.93. The molecule has 5 nitrogen and oxygen atoms in total. The molecule has 28 heavy (non-hydrogen) atoms. The van der Waals surface area contributed by atoms with Gasteiger partial charge in [0, 0.05) is 28.6 Å². The predicted molar refractivity (Wildman–Crippen MR) is 103 cm³/mol. The first-order valence-electron chi connectivity index (χ1n) is 9.62. The van der Waals surface area contributed by atoms with Crippen LogP contribution in [0.1, 0.15) is 60.4 Å². The van der Waals surface area contributed by atoms with Crippen LogP contribution in [0.4, 0.5) is 4.39 Å². The third-order valence-corrected chi connectivity index (χ3v) is 6.03. The average Bonchev–Trinajstić information content (AvgIpc) is 3.04. The predicted octanol–water partition coefficient (Wildman–Crippen LogP) is 4.93. The largest absolute Gasteiger partial charge is 0.369 e. The first kappa shape index (κ1) is 17.8. The fraction of sp³-hybridized carbons (Fsp3) is 0.381. The molecule has 1 saturated carbocycles. The second-order valence-electron chi connectivity index (χ2n) is 7.49. The molecule has 3 aromatic rings. The van der Waals surface area contributed by atoms with Crippen molar-refractivity contribution < 1.29 is 9.13 Å². The van der Waals surface area contributed by atoms with E-state index in [1.54, 1.807) is 12.3 Å². The van der Waals surface area contributed by atoms with E-state index in [4.69, 9.17) is 16.3 Å². The van der Waals surface area contributed by atoms with E-state index in [0.717, 1.165) is 48.6 Å². The lowest BCUT2D eigenvalue weighted by atomic mass is 9.79. The van der Waals surface area contributed by atoms with Crippen LogP contribution in [0, 0.1) is 5.82 Å². The first-order valence-corrected chi connectivity index (χ1v) is 9.99. The van der Waals surface area contributed by atoms with Gasteiger partial charge in [0.25, 0.3) is 0 Å². The van der Waals surface area contributed by atoms with Crippen LogP contribution in [-0.2, 0) is 18.0 Å². The number of ether oxygens (including phenoxy) is 1. The summed E-state index contributed by atoms with van der Waals surface area (Å²) < 4.78 is 22.0. The summed E-state index contributed by atoms with van der Waals surface area (Å²) in [6, 6.07) is 8.98. The van der Waals surface area contributed by atoms with Crippen LogP contribution in [0.5, 0.6) is 0 Å². The number of pyridine rings is 1. The molecule has 0 N–H and O–H groups in total. The number of halogens is 2. The van der Waals surface area contributed by atoms with Crippen LogP contribution in [0.25, 0.3) is 5.69 Å². The molecule has 1 aliphatic heterocycles. The summed E-state index contributed by atoms with van der Waals surface area (Å²) in [5.74, 6) is 2.02. The topological polar surface area (TPSA) is 52.8 Å². The molecule has 1 fully saturated rings. The Morgan fingerprint density at radius 1 is 1.04 bits per heavy atom. The van der Waals surface area contributed by atoms with Crippen molar-refractivity contribution in [2.75, 3.05) is 0 Å². The zero-order valence-corrected chi connectivity index (χ0v) is 16.1. The van der Waals surface area contributed by atoms with Gasteiger partial charge in [0.1, 0.15) is 18.2 Å². The van der Waals surface area contributed by atoms with Crippen molar-refractivity contribution in [2.45, 2.75) is 50.7 Å². The Morgan fingerprint density at radius 3 is 2.68 bits per heavy atom. The molecule has 3 heterocycles. The van der Waals surface area contributed by atoms with Gasteiger partial charge in [0.15, 0.2) is 5.82 Å². The Balaban J connectivity index is 1.43. The molecule has 144 valence electrons. The Kier molecular flexibility index (Phi) is 4.61. The molecule has 0 radical (unpaired) electrons. The lowest BCUT2D eigenvalue weighted by Crippen LogP contribution is -2.18. The Labute approximate surface area is 167 Å². The molecule has 0 atom stereocenters. The van der Waals surface area contributed by atoms with E-state index >= 15 is 0 Å². The minimum absolute atomic E-state index is 0.165. The summed E-state index contributed by atoms with van der Waals surface area (Å²) in [4.78, 5) is 4.27. The quantitative estimate of drug-likeness (QED) is 0.614. The third-order valence-electron chi connectivity index (χ3n) is 5.79. The van der Waals surface area contributed by atoms with Crippen LogP contribution in [0.3, 0.4) is 0 Å². The molecule has 5 rings (SSSR count). The Bertz CT molecular complexity index is 1010. The summed E-state index contributed by atoms with van der Waals surface area (Å²) in [6.07, 6.45) is 5.33. The maximum absolute atomic E-state index is 14.1. The number of hydrogen-bond acceptors (Lipinski definition) is 4. The van der Waals surface area contributed by atoms with Crippen LogP contribution >= 0.6 is 11.6 Å². The number of rotatable bonds is 2. The van der Waals surface area contributed by atoms with E-state index < -0.39 is 0 Å². The fourth-order valence-electron chi connectivity index (χ4n) is 4.41. The molecular formula is C21H20ClFN4O.